The summed E-state index contributed by atoms with van der Waals surface area (Å²) in [6.07, 6.45) is -11.0. The van der Waals surface area contributed by atoms with Crippen molar-refractivity contribution in [1.29, 1.82) is 0 Å². The lowest BCUT2D eigenvalue weighted by Gasteiger charge is -2.30. The SMILES string of the molecule is C=C(C)C(=O)OCC(CC(F)(F)C(F)(F)C(F)(F)F)OC(=O)C(=C)C. The van der Waals surface area contributed by atoms with Gasteiger partial charge in [-0.1, -0.05) is 13.2 Å². The third-order valence-corrected chi connectivity index (χ3v) is 2.67. The molecule has 25 heavy (non-hydrogen) atoms. The van der Waals surface area contributed by atoms with Gasteiger partial charge in [0.2, 0.25) is 0 Å². The Balaban J connectivity index is 5.39. The first-order valence-electron chi connectivity index (χ1n) is 6.54. The molecule has 0 aliphatic carbocycles. The molecule has 0 aliphatic heterocycles. The summed E-state index contributed by atoms with van der Waals surface area (Å²) in [5.74, 6) is -14.5. The molecule has 1 atom stereocenters. The molecule has 11 heteroatoms. The summed E-state index contributed by atoms with van der Waals surface area (Å²) in [6, 6.07) is 0. The van der Waals surface area contributed by atoms with Crippen LogP contribution in [0.1, 0.15) is 20.3 Å². The van der Waals surface area contributed by atoms with Crippen molar-refractivity contribution in [3.8, 4) is 0 Å². The minimum absolute atomic E-state index is 0.197. The van der Waals surface area contributed by atoms with Gasteiger partial charge in [-0.15, -0.1) is 0 Å². The average Bonchev–Trinajstić information content (AvgIpc) is 2.42. The van der Waals surface area contributed by atoms with Gasteiger partial charge in [-0.05, 0) is 13.8 Å². The van der Waals surface area contributed by atoms with E-state index in [-0.39, 0.29) is 11.1 Å². The van der Waals surface area contributed by atoms with Crippen LogP contribution in [0.15, 0.2) is 24.3 Å². The fourth-order valence-electron chi connectivity index (χ4n) is 1.30. The Morgan fingerprint density at radius 1 is 0.920 bits per heavy atom. The van der Waals surface area contributed by atoms with Crippen LogP contribution in [0.4, 0.5) is 30.7 Å². The van der Waals surface area contributed by atoms with Crippen LogP contribution in [0.25, 0.3) is 0 Å². The number of halogens is 7. The molecule has 0 N–H and O–H groups in total. The van der Waals surface area contributed by atoms with Crippen LogP contribution in [-0.2, 0) is 19.1 Å². The zero-order chi connectivity index (χ0) is 20.2. The van der Waals surface area contributed by atoms with E-state index in [0.29, 0.717) is 0 Å². The van der Waals surface area contributed by atoms with Gasteiger partial charge in [0.1, 0.15) is 12.7 Å². The van der Waals surface area contributed by atoms with Crippen LogP contribution in [0.3, 0.4) is 0 Å². The number of carbonyl (C=O) groups is 2. The van der Waals surface area contributed by atoms with Gasteiger partial charge in [-0.3, -0.25) is 0 Å². The monoisotopic (exact) mass is 380 g/mol. The predicted octanol–water partition coefficient (Wildman–Crippen LogP) is 3.82. The molecule has 1 unspecified atom stereocenters. The lowest BCUT2D eigenvalue weighted by atomic mass is 10.0. The molecule has 0 aliphatic rings. The van der Waals surface area contributed by atoms with Crippen LogP contribution in [0.5, 0.6) is 0 Å². The van der Waals surface area contributed by atoms with Gasteiger partial charge in [0.15, 0.2) is 0 Å². The van der Waals surface area contributed by atoms with E-state index < -0.39 is 49.1 Å². The lowest BCUT2D eigenvalue weighted by Crippen LogP contribution is -2.53. The zero-order valence-electron chi connectivity index (χ0n) is 13.2. The minimum Gasteiger partial charge on any atom is -0.458 e. The third kappa shape index (κ3) is 6.05. The van der Waals surface area contributed by atoms with Crippen LogP contribution < -0.4 is 0 Å². The number of carbonyl (C=O) groups excluding carboxylic acids is 2. The van der Waals surface area contributed by atoms with Crippen molar-refractivity contribution >= 4 is 11.9 Å². The fraction of sp³-hybridized carbons (Fsp3) is 0.571. The van der Waals surface area contributed by atoms with E-state index in [0.717, 1.165) is 6.92 Å². The van der Waals surface area contributed by atoms with Crippen molar-refractivity contribution in [2.75, 3.05) is 6.61 Å². The topological polar surface area (TPSA) is 52.6 Å². The van der Waals surface area contributed by atoms with E-state index in [4.69, 9.17) is 0 Å². The first-order valence-corrected chi connectivity index (χ1v) is 6.54. The normalized spacial score (nSPS) is 13.8. The maximum absolute atomic E-state index is 13.4. The predicted molar refractivity (Wildman–Crippen MR) is 71.0 cm³/mol. The molecule has 0 fully saturated rings. The van der Waals surface area contributed by atoms with Crippen molar-refractivity contribution in [2.24, 2.45) is 0 Å². The average molecular weight is 380 g/mol. The molecule has 0 amide bonds. The zero-order valence-corrected chi connectivity index (χ0v) is 13.2. The standard InChI is InChI=1S/C14H15F7O4/c1-7(2)10(22)24-6-9(25-11(23)8(3)4)5-12(15,16)13(17,18)14(19,20)21/h9H,1,3,5-6H2,2,4H3. The van der Waals surface area contributed by atoms with Crippen molar-refractivity contribution in [1.82, 2.24) is 0 Å². The molecule has 0 saturated carbocycles. The first kappa shape index (κ1) is 22.9. The van der Waals surface area contributed by atoms with Gasteiger partial charge in [0.05, 0.1) is 6.42 Å². The van der Waals surface area contributed by atoms with E-state index in [1.165, 1.54) is 6.92 Å². The molecular formula is C14H15F7O4. The van der Waals surface area contributed by atoms with Crippen molar-refractivity contribution < 1.29 is 49.8 Å². The highest BCUT2D eigenvalue weighted by Gasteiger charge is 2.73. The van der Waals surface area contributed by atoms with Gasteiger partial charge in [-0.2, -0.15) is 30.7 Å². The Bertz CT molecular complexity index is 552. The molecule has 0 spiro atoms. The summed E-state index contributed by atoms with van der Waals surface area (Å²) in [7, 11) is 0. The molecular weight excluding hydrogens is 365 g/mol. The summed E-state index contributed by atoms with van der Waals surface area (Å²) in [6.45, 7) is 7.34. The number of rotatable bonds is 8. The van der Waals surface area contributed by atoms with Crippen LogP contribution in [0.2, 0.25) is 0 Å². The molecule has 0 radical (unpaired) electrons. The molecule has 0 aromatic heterocycles. The van der Waals surface area contributed by atoms with Crippen molar-refractivity contribution in [3.05, 3.63) is 24.3 Å². The third-order valence-electron chi connectivity index (χ3n) is 2.67. The fourth-order valence-corrected chi connectivity index (χ4v) is 1.30. The molecule has 144 valence electrons. The van der Waals surface area contributed by atoms with Gasteiger partial charge in [-0.25, -0.2) is 9.59 Å². The van der Waals surface area contributed by atoms with Crippen molar-refractivity contribution in [2.45, 2.75) is 44.4 Å². The Morgan fingerprint density at radius 2 is 1.36 bits per heavy atom. The minimum atomic E-state index is -6.53. The Kier molecular flexibility index (Phi) is 7.22. The summed E-state index contributed by atoms with van der Waals surface area (Å²) >= 11 is 0. The van der Waals surface area contributed by atoms with Gasteiger partial charge in [0, 0.05) is 11.1 Å². The highest BCUT2D eigenvalue weighted by Crippen LogP contribution is 2.48. The smallest absolute Gasteiger partial charge is 0.458 e. The molecule has 0 aromatic carbocycles. The number of hydrogen-bond acceptors (Lipinski definition) is 4. The van der Waals surface area contributed by atoms with Gasteiger partial charge >= 0.3 is 30.0 Å². The Morgan fingerprint density at radius 3 is 1.72 bits per heavy atom. The molecule has 4 nitrogen and oxygen atoms in total. The second-order valence-electron chi connectivity index (χ2n) is 5.17. The van der Waals surface area contributed by atoms with Gasteiger partial charge in [0.25, 0.3) is 0 Å². The Labute approximate surface area is 138 Å². The van der Waals surface area contributed by atoms with Crippen LogP contribution in [-0.4, -0.2) is 42.7 Å². The molecule has 0 aromatic rings. The molecule has 0 bridgehead atoms. The largest absolute Gasteiger partial charge is 0.459 e. The van der Waals surface area contributed by atoms with Crippen LogP contribution in [0, 0.1) is 0 Å². The number of esters is 2. The number of alkyl halides is 7. The molecule has 0 saturated heterocycles. The molecule has 0 heterocycles. The molecule has 0 rings (SSSR count). The van der Waals surface area contributed by atoms with Crippen LogP contribution >= 0.6 is 0 Å². The lowest BCUT2D eigenvalue weighted by molar-refractivity contribution is -0.358. The maximum atomic E-state index is 13.4. The van der Waals surface area contributed by atoms with Gasteiger partial charge < -0.3 is 9.47 Å². The first-order chi connectivity index (χ1) is 11.0. The number of hydrogen-bond donors (Lipinski definition) is 0. The number of ether oxygens (including phenoxy) is 2. The highest BCUT2D eigenvalue weighted by molar-refractivity contribution is 5.87. The summed E-state index contributed by atoms with van der Waals surface area (Å²) in [5.41, 5.74) is -0.528. The van der Waals surface area contributed by atoms with E-state index in [1.54, 1.807) is 0 Å². The van der Waals surface area contributed by atoms with Crippen molar-refractivity contribution in [3.63, 3.8) is 0 Å². The van der Waals surface area contributed by atoms with E-state index >= 15 is 0 Å². The summed E-state index contributed by atoms with van der Waals surface area (Å²) < 4.78 is 97.9. The highest BCUT2D eigenvalue weighted by atomic mass is 19.4. The van der Waals surface area contributed by atoms with E-state index in [9.17, 15) is 40.3 Å². The second-order valence-corrected chi connectivity index (χ2v) is 5.17. The van der Waals surface area contributed by atoms with E-state index in [1.807, 2.05) is 0 Å². The maximum Gasteiger partial charge on any atom is 0.459 e. The quantitative estimate of drug-likeness (QED) is 0.365. The summed E-state index contributed by atoms with van der Waals surface area (Å²) in [5, 5.41) is 0. The second kappa shape index (κ2) is 7.87. The summed E-state index contributed by atoms with van der Waals surface area (Å²) in [4.78, 5) is 22.5. The van der Waals surface area contributed by atoms with E-state index in [2.05, 4.69) is 22.6 Å². The Hall–Kier alpha value is -2.07.